The molecule has 0 aromatic carbocycles. The molecule has 0 aliphatic heterocycles. The first-order chi connectivity index (χ1) is 15.6. The van der Waals surface area contributed by atoms with Crippen LogP contribution in [0.5, 0.6) is 0 Å². The highest BCUT2D eigenvalue weighted by atomic mass is 32.2. The van der Waals surface area contributed by atoms with Crippen molar-refractivity contribution in [2.75, 3.05) is 11.5 Å². The van der Waals surface area contributed by atoms with Crippen molar-refractivity contribution in [3.8, 4) is 0 Å². The van der Waals surface area contributed by atoms with Gasteiger partial charge in [0.15, 0.2) is 24.8 Å². The lowest BCUT2D eigenvalue weighted by Gasteiger charge is -2.01. The fourth-order valence-electron chi connectivity index (χ4n) is 3.12. The maximum Gasteiger partial charge on any atom is 0.171 e. The summed E-state index contributed by atoms with van der Waals surface area (Å²) in [5.41, 5.74) is 5.37. The minimum absolute atomic E-state index is 0.479. The van der Waals surface area contributed by atoms with Crippen LogP contribution in [-0.4, -0.2) is 37.4 Å². The van der Waals surface area contributed by atoms with E-state index in [4.69, 9.17) is 0 Å². The van der Waals surface area contributed by atoms with Crippen molar-refractivity contribution in [3.05, 3.63) is 84.5 Å². The van der Waals surface area contributed by atoms with Gasteiger partial charge in [-0.2, -0.15) is 0 Å². The van der Waals surface area contributed by atoms with Crippen LogP contribution < -0.4 is 9.13 Å². The Hall–Kier alpha value is -2.40. The van der Waals surface area contributed by atoms with Gasteiger partial charge < -0.3 is 9.11 Å². The van der Waals surface area contributed by atoms with Gasteiger partial charge in [0, 0.05) is 35.1 Å². The van der Waals surface area contributed by atoms with E-state index >= 15 is 0 Å². The Bertz CT molecular complexity index is 1010. The third-order valence-corrected chi connectivity index (χ3v) is 5.40. The maximum absolute atomic E-state index is 9.60. The van der Waals surface area contributed by atoms with Gasteiger partial charge in [-0.3, -0.25) is 0 Å². The molecule has 34 heavy (non-hydrogen) atoms. The molecule has 2 aromatic rings. The second kappa shape index (κ2) is 15.5. The highest BCUT2D eigenvalue weighted by Gasteiger charge is 2.06. The third-order valence-electron chi connectivity index (χ3n) is 4.12. The fraction of sp³-hybridized carbons (Fsp3) is 0.417. The zero-order valence-electron chi connectivity index (χ0n) is 20.4. The summed E-state index contributed by atoms with van der Waals surface area (Å²) in [5, 5.41) is 0. The minimum Gasteiger partial charge on any atom is -0.748 e. The van der Waals surface area contributed by atoms with Crippen LogP contribution in [0.15, 0.2) is 62.2 Å². The molecule has 0 unspecified atom stereocenters. The van der Waals surface area contributed by atoms with Gasteiger partial charge in [0.1, 0.15) is 13.1 Å². The monoisotopic (exact) mass is 512 g/mol. The van der Waals surface area contributed by atoms with Crippen LogP contribution in [0.1, 0.15) is 35.1 Å². The van der Waals surface area contributed by atoms with E-state index in [0.717, 1.165) is 25.2 Å². The average Bonchev–Trinajstić information content (AvgIpc) is 2.63. The number of hydrogen-bond acceptors (Lipinski definition) is 6. The molecule has 0 saturated carbocycles. The quantitative estimate of drug-likeness (QED) is 0.220. The Kier molecular flexibility index (Phi) is 14.4. The Morgan fingerprint density at radius 1 is 0.676 bits per heavy atom. The van der Waals surface area contributed by atoms with E-state index in [2.05, 4.69) is 86.9 Å². The predicted molar refractivity (Wildman–Crippen MR) is 131 cm³/mol. The van der Waals surface area contributed by atoms with E-state index < -0.39 is 31.7 Å². The molecule has 2 heterocycles. The molecule has 0 N–H and O–H groups in total. The van der Waals surface area contributed by atoms with E-state index in [1.165, 1.54) is 35.1 Å². The first-order valence-electron chi connectivity index (χ1n) is 10.7. The summed E-state index contributed by atoms with van der Waals surface area (Å²) in [4.78, 5) is 0. The number of hydrogen-bond donors (Lipinski definition) is 0. The van der Waals surface area contributed by atoms with Gasteiger partial charge >= 0.3 is 0 Å². The van der Waals surface area contributed by atoms with Crippen LogP contribution in [0, 0.1) is 27.7 Å². The number of pyridine rings is 2. The van der Waals surface area contributed by atoms with Gasteiger partial charge in [-0.15, -0.1) is 13.2 Å². The summed E-state index contributed by atoms with van der Waals surface area (Å²) < 4.78 is 62.3. The number of aryl methyl sites for hydroxylation is 6. The zero-order valence-corrected chi connectivity index (χ0v) is 22.1. The van der Waals surface area contributed by atoms with Crippen molar-refractivity contribution in [2.45, 2.75) is 53.6 Å². The van der Waals surface area contributed by atoms with Crippen molar-refractivity contribution in [1.29, 1.82) is 0 Å². The first-order valence-corrected chi connectivity index (χ1v) is 13.8. The Labute approximate surface area is 204 Å². The lowest BCUT2D eigenvalue weighted by Crippen LogP contribution is -2.36. The Morgan fingerprint density at radius 2 is 0.941 bits per heavy atom. The molecule has 0 amide bonds. The van der Waals surface area contributed by atoms with Crippen LogP contribution in [0.3, 0.4) is 0 Å². The van der Waals surface area contributed by atoms with E-state index in [1.54, 1.807) is 0 Å². The van der Waals surface area contributed by atoms with Gasteiger partial charge in [-0.1, -0.05) is 12.2 Å². The second-order valence-corrected chi connectivity index (χ2v) is 10.9. The van der Waals surface area contributed by atoms with E-state index in [0.29, 0.717) is 0 Å². The molecule has 0 spiro atoms. The normalized spacial score (nSPS) is 10.9. The Balaban J connectivity index is 0.000000642. The summed E-state index contributed by atoms with van der Waals surface area (Å²) in [6.45, 7) is 17.0. The van der Waals surface area contributed by atoms with Crippen molar-refractivity contribution in [1.82, 2.24) is 0 Å². The van der Waals surface area contributed by atoms with E-state index in [9.17, 15) is 25.9 Å². The average molecular weight is 513 g/mol. The lowest BCUT2D eigenvalue weighted by molar-refractivity contribution is -0.708. The largest absolute Gasteiger partial charge is 0.748 e. The van der Waals surface area contributed by atoms with Crippen molar-refractivity contribution >= 4 is 20.2 Å². The van der Waals surface area contributed by atoms with Crippen LogP contribution in [0.25, 0.3) is 0 Å². The molecule has 0 aliphatic carbocycles. The molecule has 0 atom stereocenters. The van der Waals surface area contributed by atoms with Crippen LogP contribution in [0.2, 0.25) is 0 Å². The molecule has 2 aromatic heterocycles. The maximum atomic E-state index is 9.60. The summed E-state index contributed by atoms with van der Waals surface area (Å²) in [6, 6.07) is 4.45. The molecule has 8 nitrogen and oxygen atoms in total. The highest BCUT2D eigenvalue weighted by molar-refractivity contribution is 7.86. The summed E-state index contributed by atoms with van der Waals surface area (Å²) >= 11 is 0. The van der Waals surface area contributed by atoms with Crippen LogP contribution in [0.4, 0.5) is 0 Å². The topological polar surface area (TPSA) is 122 Å². The Morgan fingerprint density at radius 3 is 1.12 bits per heavy atom. The summed E-state index contributed by atoms with van der Waals surface area (Å²) in [5.74, 6) is -0.958. The summed E-state index contributed by atoms with van der Waals surface area (Å²) in [6.07, 6.45) is 13.5. The van der Waals surface area contributed by atoms with Gasteiger partial charge in [0.25, 0.3) is 0 Å². The van der Waals surface area contributed by atoms with E-state index in [1.807, 2.05) is 0 Å². The van der Waals surface area contributed by atoms with E-state index in [-0.39, 0.29) is 0 Å². The van der Waals surface area contributed by atoms with Gasteiger partial charge in [-0.05, 0) is 39.8 Å². The predicted octanol–water partition coefficient (Wildman–Crippen LogP) is 2.41. The zero-order chi connectivity index (χ0) is 26.4. The van der Waals surface area contributed by atoms with Crippen LogP contribution in [-0.2, 0) is 33.3 Å². The third kappa shape index (κ3) is 18.1. The smallest absolute Gasteiger partial charge is 0.171 e. The van der Waals surface area contributed by atoms with Gasteiger partial charge in [-0.25, -0.2) is 26.0 Å². The molecule has 2 rings (SSSR count). The van der Waals surface area contributed by atoms with Crippen molar-refractivity contribution in [2.24, 2.45) is 0 Å². The SMILES string of the molecule is C=CCS(=O)(=O)[O-].C=CCS(=O)(=O)[O-].Cc1cc(C)c[n+](CCCC[n+]2cc(C)cc(C)c2)c1. The lowest BCUT2D eigenvalue weighted by atomic mass is 10.2. The number of nitrogens with zero attached hydrogens (tertiary/aromatic N) is 2. The molecule has 0 saturated heterocycles. The molecule has 190 valence electrons. The van der Waals surface area contributed by atoms with Gasteiger partial charge in [0.2, 0.25) is 0 Å². The molecule has 10 heteroatoms. The number of unbranched alkanes of at least 4 members (excludes halogenated alkanes) is 1. The van der Waals surface area contributed by atoms with Gasteiger partial charge in [0.05, 0.1) is 31.7 Å². The number of rotatable bonds is 9. The molecule has 0 aliphatic rings. The minimum atomic E-state index is -4.04. The van der Waals surface area contributed by atoms with Crippen LogP contribution >= 0.6 is 0 Å². The second-order valence-electron chi connectivity index (χ2n) is 7.99. The highest BCUT2D eigenvalue weighted by Crippen LogP contribution is 2.00. The first kappa shape index (κ1) is 31.6. The molecular weight excluding hydrogens is 476 g/mol. The molecule has 0 fully saturated rings. The number of aromatic nitrogens is 2. The molecule has 0 bridgehead atoms. The molecular formula is C24H36N2O6S2. The fourth-order valence-corrected chi connectivity index (χ4v) is 3.70. The van der Waals surface area contributed by atoms with Crippen molar-refractivity contribution in [3.63, 3.8) is 0 Å². The summed E-state index contributed by atoms with van der Waals surface area (Å²) in [7, 11) is -8.08. The van der Waals surface area contributed by atoms with Crippen molar-refractivity contribution < 1.29 is 35.1 Å². The standard InChI is InChI=1S/C18H26N2.2C3H6O3S/c1-15-9-16(2)12-19(11-15)7-5-6-8-20-13-17(3)10-18(4)14-20;2*1-2-3-7(4,5)6/h9-14H,5-8H2,1-4H3;2*2H,1,3H2,(H,4,5,6)/q+2;;/p-2. The molecule has 0 radical (unpaired) electrons.